The van der Waals surface area contributed by atoms with Crippen LogP contribution in [0.25, 0.3) is 76.5 Å². The maximum absolute atomic E-state index is 4.03. The Kier molecular flexibility index (Phi) is 6.28. The first kappa shape index (κ1) is 27.7. The Morgan fingerprint density at radius 1 is 0.429 bits per heavy atom. The Hall–Kier alpha value is -6.38. The van der Waals surface area contributed by atoms with E-state index < -0.39 is 0 Å². The van der Waals surface area contributed by atoms with Crippen LogP contribution < -0.4 is 5.32 Å². The van der Waals surface area contributed by atoms with Crippen molar-refractivity contribution in [3.05, 3.63) is 193 Å². The van der Waals surface area contributed by atoms with Gasteiger partial charge in [0.2, 0.25) is 0 Å². The molecule has 1 atom stereocenters. The number of hydrogen-bond donors (Lipinski definition) is 1. The molecule has 0 spiro atoms. The summed E-state index contributed by atoms with van der Waals surface area (Å²) in [5, 5.41) is 14.3. The van der Waals surface area contributed by atoms with E-state index in [4.69, 9.17) is 0 Å². The van der Waals surface area contributed by atoms with Crippen LogP contribution in [0.4, 0.5) is 0 Å². The van der Waals surface area contributed by atoms with E-state index >= 15 is 0 Å². The van der Waals surface area contributed by atoms with Gasteiger partial charge in [0.25, 0.3) is 0 Å². The Balaban J connectivity index is 1.28. The van der Waals surface area contributed by atoms with E-state index in [2.05, 4.69) is 192 Å². The summed E-state index contributed by atoms with van der Waals surface area (Å²) >= 11 is 0. The highest BCUT2D eigenvalue weighted by atomic mass is 15.2. The van der Waals surface area contributed by atoms with Crippen LogP contribution in [-0.2, 0) is 0 Å². The number of allylic oxidation sites excluding steroid dienone is 2. The van der Waals surface area contributed by atoms with Gasteiger partial charge in [-0.15, -0.1) is 0 Å². The molecule has 49 heavy (non-hydrogen) atoms. The lowest BCUT2D eigenvalue weighted by molar-refractivity contribution is 0.592. The molecular weight excluding hydrogens is 593 g/mol. The molecule has 2 heterocycles. The van der Waals surface area contributed by atoms with E-state index in [-0.39, 0.29) is 6.17 Å². The van der Waals surface area contributed by atoms with Crippen LogP contribution in [0, 0.1) is 0 Å². The lowest BCUT2D eigenvalue weighted by atomic mass is 9.93. The van der Waals surface area contributed by atoms with Crippen molar-refractivity contribution < 1.29 is 0 Å². The Morgan fingerprint density at radius 2 is 1.06 bits per heavy atom. The van der Waals surface area contributed by atoms with E-state index in [1.807, 2.05) is 0 Å². The summed E-state index contributed by atoms with van der Waals surface area (Å²) in [4.78, 5) is 0. The normalized spacial score (nSPS) is 14.7. The third-order valence-corrected chi connectivity index (χ3v) is 10.2. The number of nitrogens with zero attached hydrogens (tertiary/aromatic N) is 1. The van der Waals surface area contributed by atoms with Crippen molar-refractivity contribution in [3.63, 3.8) is 0 Å². The summed E-state index contributed by atoms with van der Waals surface area (Å²) in [7, 11) is 0. The van der Waals surface area contributed by atoms with Crippen molar-refractivity contribution >= 4 is 65.4 Å². The second kappa shape index (κ2) is 11.1. The average Bonchev–Trinajstić information content (AvgIpc) is 3.54. The molecule has 0 aliphatic carbocycles. The van der Waals surface area contributed by atoms with Gasteiger partial charge < -0.3 is 9.88 Å². The Bertz CT molecular complexity index is 2780. The summed E-state index contributed by atoms with van der Waals surface area (Å²) < 4.78 is 2.55. The number of rotatable bonds is 4. The lowest BCUT2D eigenvalue weighted by Gasteiger charge is -2.28. The fourth-order valence-corrected chi connectivity index (χ4v) is 7.99. The highest BCUT2D eigenvalue weighted by Crippen LogP contribution is 2.45. The van der Waals surface area contributed by atoms with Crippen LogP contribution in [0.1, 0.15) is 17.3 Å². The first-order valence-corrected chi connectivity index (χ1v) is 17.0. The summed E-state index contributed by atoms with van der Waals surface area (Å²) in [5.74, 6) is 0. The molecule has 0 radical (unpaired) electrons. The molecule has 1 aliphatic heterocycles. The Labute approximate surface area is 284 Å². The summed E-state index contributed by atoms with van der Waals surface area (Å²) in [6, 6.07) is 61.6. The highest BCUT2D eigenvalue weighted by Gasteiger charge is 2.25. The maximum Gasteiger partial charge on any atom is 0.124 e. The second-order valence-electron chi connectivity index (χ2n) is 12.9. The number of aromatic nitrogens is 1. The van der Waals surface area contributed by atoms with Gasteiger partial charge in [-0.25, -0.2) is 0 Å². The predicted octanol–water partition coefficient (Wildman–Crippen LogP) is 12.1. The van der Waals surface area contributed by atoms with Crippen molar-refractivity contribution in [2.45, 2.75) is 6.17 Å². The van der Waals surface area contributed by atoms with Gasteiger partial charge in [-0.2, -0.15) is 0 Å². The van der Waals surface area contributed by atoms with Gasteiger partial charge in [-0.1, -0.05) is 158 Å². The quantitative estimate of drug-likeness (QED) is 0.193. The van der Waals surface area contributed by atoms with Crippen LogP contribution in [0.3, 0.4) is 0 Å². The second-order valence-corrected chi connectivity index (χ2v) is 12.9. The zero-order valence-corrected chi connectivity index (χ0v) is 26.8. The van der Waals surface area contributed by atoms with Crippen molar-refractivity contribution in [1.82, 2.24) is 9.88 Å². The fraction of sp³-hybridized carbons (Fsp3) is 0.0213. The molecule has 1 aromatic heterocycles. The molecule has 1 aliphatic rings. The molecule has 10 rings (SSSR count). The van der Waals surface area contributed by atoms with Crippen LogP contribution in [-0.4, -0.2) is 4.57 Å². The molecule has 0 fully saturated rings. The van der Waals surface area contributed by atoms with Crippen molar-refractivity contribution in [1.29, 1.82) is 0 Å². The van der Waals surface area contributed by atoms with E-state index in [0.29, 0.717) is 0 Å². The zero-order valence-electron chi connectivity index (χ0n) is 26.8. The van der Waals surface area contributed by atoms with Crippen LogP contribution in [0.15, 0.2) is 182 Å². The van der Waals surface area contributed by atoms with E-state index in [1.165, 1.54) is 76.4 Å². The number of benzene rings is 8. The first-order valence-electron chi connectivity index (χ1n) is 17.0. The molecule has 0 amide bonds. The predicted molar refractivity (Wildman–Crippen MR) is 208 cm³/mol. The number of hydrogen-bond acceptors (Lipinski definition) is 1. The van der Waals surface area contributed by atoms with Gasteiger partial charge in [-0.3, -0.25) is 0 Å². The Morgan fingerprint density at radius 3 is 1.88 bits per heavy atom. The molecule has 0 bridgehead atoms. The minimum absolute atomic E-state index is 0.145. The van der Waals surface area contributed by atoms with Gasteiger partial charge >= 0.3 is 0 Å². The number of dihydropyridines is 1. The number of fused-ring (bicyclic) bond motifs is 10. The molecule has 0 saturated carbocycles. The summed E-state index contributed by atoms with van der Waals surface area (Å²) in [5.41, 5.74) is 9.54. The molecule has 230 valence electrons. The maximum atomic E-state index is 4.03. The standard InChI is InChI=1S/C47H32N2/c1-3-14-31(15-4-1)34-19-13-20-35(28-34)42-29-36(32-16-5-2-6-17-32)30-44(48-42)49-43-25-12-11-24-41(43)46-45-37-21-8-7-18-33(37)26-27-39(45)38-22-9-10-23-40(38)47(46)49/h1-30,44,48H. The van der Waals surface area contributed by atoms with Crippen molar-refractivity contribution in [3.8, 4) is 11.1 Å². The molecule has 0 saturated heterocycles. The molecule has 2 heteroatoms. The molecule has 1 N–H and O–H groups in total. The van der Waals surface area contributed by atoms with E-state index in [9.17, 15) is 0 Å². The molecule has 1 unspecified atom stereocenters. The smallest absolute Gasteiger partial charge is 0.124 e. The van der Waals surface area contributed by atoms with Gasteiger partial charge in [0.05, 0.1) is 11.0 Å². The van der Waals surface area contributed by atoms with E-state index in [0.717, 1.165) is 11.3 Å². The summed E-state index contributed by atoms with van der Waals surface area (Å²) in [6.07, 6.45) is 4.56. The molecule has 9 aromatic rings. The lowest BCUT2D eigenvalue weighted by Crippen LogP contribution is -2.26. The highest BCUT2D eigenvalue weighted by molar-refractivity contribution is 6.36. The third-order valence-electron chi connectivity index (χ3n) is 10.2. The molecule has 2 nitrogen and oxygen atoms in total. The third kappa shape index (κ3) is 4.42. The van der Waals surface area contributed by atoms with Crippen LogP contribution in [0.5, 0.6) is 0 Å². The van der Waals surface area contributed by atoms with Gasteiger partial charge in [0.15, 0.2) is 0 Å². The summed E-state index contributed by atoms with van der Waals surface area (Å²) in [6.45, 7) is 0. The number of para-hydroxylation sites is 1. The minimum atomic E-state index is -0.145. The van der Waals surface area contributed by atoms with Crippen LogP contribution in [0.2, 0.25) is 0 Å². The topological polar surface area (TPSA) is 17.0 Å². The van der Waals surface area contributed by atoms with Gasteiger partial charge in [0, 0.05) is 27.2 Å². The SMILES string of the molecule is C1=C(c2ccccc2)C=C(c2cccc(-c3ccccc3)c2)NC1n1c2ccccc2c2c3c4ccccc4ccc3c3ccccc3c21. The fourth-order valence-electron chi connectivity index (χ4n) is 7.99. The molecule has 8 aromatic carbocycles. The van der Waals surface area contributed by atoms with Crippen molar-refractivity contribution in [2.75, 3.05) is 0 Å². The van der Waals surface area contributed by atoms with E-state index in [1.54, 1.807) is 0 Å². The minimum Gasteiger partial charge on any atom is -0.361 e. The van der Waals surface area contributed by atoms with Gasteiger partial charge in [0.1, 0.15) is 6.17 Å². The monoisotopic (exact) mass is 624 g/mol. The zero-order chi connectivity index (χ0) is 32.3. The van der Waals surface area contributed by atoms with Crippen LogP contribution >= 0.6 is 0 Å². The van der Waals surface area contributed by atoms with Crippen molar-refractivity contribution in [2.24, 2.45) is 0 Å². The number of nitrogens with one attached hydrogen (secondary N) is 1. The molecular formula is C47H32N2. The largest absolute Gasteiger partial charge is 0.361 e. The first-order chi connectivity index (χ1) is 24.3. The van der Waals surface area contributed by atoms with Gasteiger partial charge in [-0.05, 0) is 73.7 Å². The average molecular weight is 625 g/mol.